The third-order valence-electron chi connectivity index (χ3n) is 4.39. The first kappa shape index (κ1) is 18.4. The predicted octanol–water partition coefficient (Wildman–Crippen LogP) is 3.52. The number of nitro groups is 1. The van der Waals surface area contributed by atoms with Gasteiger partial charge in [0.25, 0.3) is 11.6 Å². The molecule has 0 aliphatic carbocycles. The Labute approximate surface area is 164 Å². The van der Waals surface area contributed by atoms with Gasteiger partial charge in [-0.25, -0.2) is 0 Å². The maximum absolute atomic E-state index is 12.4. The van der Waals surface area contributed by atoms with E-state index in [2.05, 4.69) is 5.32 Å². The van der Waals surface area contributed by atoms with Crippen molar-refractivity contribution < 1.29 is 28.3 Å². The Morgan fingerprint density at radius 3 is 2.76 bits per heavy atom. The van der Waals surface area contributed by atoms with Gasteiger partial charge in [0.15, 0.2) is 17.3 Å². The molecule has 9 heteroatoms. The van der Waals surface area contributed by atoms with Crippen molar-refractivity contribution in [3.8, 4) is 28.6 Å². The van der Waals surface area contributed by atoms with Gasteiger partial charge >= 0.3 is 0 Å². The molecule has 1 aliphatic rings. The van der Waals surface area contributed by atoms with Crippen molar-refractivity contribution in [2.45, 2.75) is 6.54 Å². The number of rotatable bonds is 6. The Hall–Kier alpha value is -4.01. The van der Waals surface area contributed by atoms with E-state index in [1.807, 2.05) is 6.07 Å². The van der Waals surface area contributed by atoms with Gasteiger partial charge in [0.05, 0.1) is 23.7 Å². The zero-order valence-corrected chi connectivity index (χ0v) is 15.3. The normalized spacial score (nSPS) is 11.9. The van der Waals surface area contributed by atoms with Crippen LogP contribution < -0.4 is 19.5 Å². The van der Waals surface area contributed by atoms with E-state index in [-0.39, 0.29) is 36.1 Å². The molecule has 0 saturated heterocycles. The maximum atomic E-state index is 12.4. The molecule has 2 heterocycles. The van der Waals surface area contributed by atoms with Crippen molar-refractivity contribution >= 4 is 11.6 Å². The average Bonchev–Trinajstić information content (AvgIpc) is 3.40. The third-order valence-corrected chi connectivity index (χ3v) is 4.39. The summed E-state index contributed by atoms with van der Waals surface area (Å²) in [5.41, 5.74) is 0.914. The lowest BCUT2D eigenvalue weighted by atomic mass is 10.1. The maximum Gasteiger partial charge on any atom is 0.287 e. The number of hydrogen-bond acceptors (Lipinski definition) is 7. The van der Waals surface area contributed by atoms with Crippen LogP contribution in [0.4, 0.5) is 5.69 Å². The second-order valence-electron chi connectivity index (χ2n) is 6.17. The number of benzene rings is 2. The Morgan fingerprint density at radius 1 is 1.14 bits per heavy atom. The molecule has 1 aromatic heterocycles. The zero-order chi connectivity index (χ0) is 20.4. The van der Waals surface area contributed by atoms with Gasteiger partial charge in [0.2, 0.25) is 6.79 Å². The van der Waals surface area contributed by atoms with E-state index in [1.54, 1.807) is 18.2 Å². The summed E-state index contributed by atoms with van der Waals surface area (Å²) in [5.74, 6) is 1.47. The number of nitro benzene ring substituents is 1. The molecule has 0 fully saturated rings. The molecule has 4 rings (SSSR count). The summed E-state index contributed by atoms with van der Waals surface area (Å²) in [5, 5.41) is 14.1. The Balaban J connectivity index is 1.49. The molecule has 148 valence electrons. The highest BCUT2D eigenvalue weighted by Crippen LogP contribution is 2.34. The van der Waals surface area contributed by atoms with Gasteiger partial charge in [-0.3, -0.25) is 14.9 Å². The number of nitrogens with zero attached hydrogens (tertiary/aromatic N) is 1. The number of fused-ring (bicyclic) bond motifs is 1. The lowest BCUT2D eigenvalue weighted by Gasteiger charge is -2.05. The number of carbonyl (C=O) groups excluding carboxylic acids is 1. The monoisotopic (exact) mass is 396 g/mol. The van der Waals surface area contributed by atoms with Crippen LogP contribution in [0.5, 0.6) is 17.2 Å². The second-order valence-corrected chi connectivity index (χ2v) is 6.17. The molecular formula is C20H16N2O7. The topological polar surface area (TPSA) is 113 Å². The van der Waals surface area contributed by atoms with E-state index >= 15 is 0 Å². The van der Waals surface area contributed by atoms with E-state index in [4.69, 9.17) is 18.6 Å². The molecule has 0 saturated carbocycles. The first-order valence-electron chi connectivity index (χ1n) is 8.64. The highest BCUT2D eigenvalue weighted by atomic mass is 16.7. The van der Waals surface area contributed by atoms with E-state index in [0.717, 1.165) is 5.56 Å². The van der Waals surface area contributed by atoms with Gasteiger partial charge in [0.1, 0.15) is 11.5 Å². The van der Waals surface area contributed by atoms with Crippen LogP contribution >= 0.6 is 0 Å². The van der Waals surface area contributed by atoms with Gasteiger partial charge in [-0.2, -0.15) is 0 Å². The van der Waals surface area contributed by atoms with Crippen molar-refractivity contribution in [1.82, 2.24) is 5.32 Å². The fraction of sp³-hybridized carbons (Fsp3) is 0.150. The largest absolute Gasteiger partial charge is 0.497 e. The molecule has 1 amide bonds. The minimum absolute atomic E-state index is 0.0471. The smallest absolute Gasteiger partial charge is 0.287 e. The number of methoxy groups -OCH3 is 1. The summed E-state index contributed by atoms with van der Waals surface area (Å²) in [6.45, 7) is 0.437. The summed E-state index contributed by atoms with van der Waals surface area (Å²) >= 11 is 0. The molecule has 0 unspecified atom stereocenters. The zero-order valence-electron chi connectivity index (χ0n) is 15.3. The fourth-order valence-corrected chi connectivity index (χ4v) is 2.92. The summed E-state index contributed by atoms with van der Waals surface area (Å²) in [7, 11) is 1.42. The van der Waals surface area contributed by atoms with Crippen LogP contribution in [0.15, 0.2) is 52.9 Å². The van der Waals surface area contributed by atoms with Gasteiger partial charge < -0.3 is 23.9 Å². The molecule has 0 atom stereocenters. The second kappa shape index (κ2) is 7.55. The number of amides is 1. The molecule has 0 spiro atoms. The lowest BCUT2D eigenvalue weighted by molar-refractivity contribution is -0.384. The SMILES string of the molecule is COc1ccc(-c2ccc(C(=O)NCc3ccc4c(c3)OCO4)o2)c([N+](=O)[O-])c1. The number of carbonyl (C=O) groups is 1. The van der Waals surface area contributed by atoms with E-state index in [1.165, 1.54) is 31.4 Å². The summed E-state index contributed by atoms with van der Waals surface area (Å²) in [6.07, 6.45) is 0. The lowest BCUT2D eigenvalue weighted by Crippen LogP contribution is -2.22. The number of hydrogen-bond donors (Lipinski definition) is 1. The fourth-order valence-electron chi connectivity index (χ4n) is 2.92. The van der Waals surface area contributed by atoms with Crippen LogP contribution in [0, 0.1) is 10.1 Å². The quantitative estimate of drug-likeness (QED) is 0.501. The van der Waals surface area contributed by atoms with Crippen molar-refractivity contribution in [2.75, 3.05) is 13.9 Å². The minimum atomic E-state index is -0.528. The van der Waals surface area contributed by atoms with Crippen LogP contribution in [0.25, 0.3) is 11.3 Å². The third kappa shape index (κ3) is 3.70. The summed E-state index contributed by atoms with van der Waals surface area (Å²) < 4.78 is 21.1. The summed E-state index contributed by atoms with van der Waals surface area (Å²) in [4.78, 5) is 23.2. The summed E-state index contributed by atoms with van der Waals surface area (Å²) in [6, 6.07) is 12.8. The van der Waals surface area contributed by atoms with Crippen LogP contribution in [0.2, 0.25) is 0 Å². The van der Waals surface area contributed by atoms with Crippen molar-refractivity contribution in [2.24, 2.45) is 0 Å². The molecule has 3 aromatic rings. The molecule has 2 aromatic carbocycles. The highest BCUT2D eigenvalue weighted by Gasteiger charge is 2.21. The molecule has 29 heavy (non-hydrogen) atoms. The van der Waals surface area contributed by atoms with Crippen LogP contribution in [-0.2, 0) is 6.54 Å². The first-order valence-corrected chi connectivity index (χ1v) is 8.64. The van der Waals surface area contributed by atoms with Gasteiger partial charge in [0, 0.05) is 6.54 Å². The highest BCUT2D eigenvalue weighted by molar-refractivity contribution is 5.92. The van der Waals surface area contributed by atoms with Crippen molar-refractivity contribution in [1.29, 1.82) is 0 Å². The van der Waals surface area contributed by atoms with Crippen LogP contribution in [-0.4, -0.2) is 24.7 Å². The van der Waals surface area contributed by atoms with Gasteiger partial charge in [-0.05, 0) is 42.0 Å². The van der Waals surface area contributed by atoms with E-state index in [9.17, 15) is 14.9 Å². The number of nitrogens with one attached hydrogen (secondary N) is 1. The van der Waals surface area contributed by atoms with Gasteiger partial charge in [-0.1, -0.05) is 6.07 Å². The number of furan rings is 1. The minimum Gasteiger partial charge on any atom is -0.497 e. The van der Waals surface area contributed by atoms with E-state index < -0.39 is 10.8 Å². The predicted molar refractivity (Wildman–Crippen MR) is 101 cm³/mol. The molecule has 1 aliphatic heterocycles. The Morgan fingerprint density at radius 2 is 1.97 bits per heavy atom. The molecule has 0 bridgehead atoms. The molecule has 0 radical (unpaired) electrons. The Kier molecular flexibility index (Phi) is 4.78. The average molecular weight is 396 g/mol. The molecule has 1 N–H and O–H groups in total. The Bertz CT molecular complexity index is 1090. The van der Waals surface area contributed by atoms with Crippen LogP contribution in [0.1, 0.15) is 16.1 Å². The van der Waals surface area contributed by atoms with Gasteiger partial charge in [-0.15, -0.1) is 0 Å². The van der Waals surface area contributed by atoms with Crippen molar-refractivity contribution in [3.05, 3.63) is 70.0 Å². The number of ether oxygens (including phenoxy) is 3. The molecule has 9 nitrogen and oxygen atoms in total. The van der Waals surface area contributed by atoms with Crippen LogP contribution in [0.3, 0.4) is 0 Å². The van der Waals surface area contributed by atoms with Crippen molar-refractivity contribution in [3.63, 3.8) is 0 Å². The van der Waals surface area contributed by atoms with E-state index in [0.29, 0.717) is 17.2 Å². The first-order chi connectivity index (χ1) is 14.0. The molecular weight excluding hydrogens is 380 g/mol. The standard InChI is InChI=1S/C20H16N2O7/c1-26-13-3-4-14(15(9-13)22(24)25)16-6-7-18(29-16)20(23)21-10-12-2-5-17-19(8-12)28-11-27-17/h2-9H,10-11H2,1H3,(H,21,23).